The fourth-order valence-corrected chi connectivity index (χ4v) is 3.14. The fourth-order valence-electron chi connectivity index (χ4n) is 3.14. The normalized spacial score (nSPS) is 37.2. The van der Waals surface area contributed by atoms with Crippen LogP contribution in [0.4, 0.5) is 0 Å². The van der Waals surface area contributed by atoms with Gasteiger partial charge in [-0.25, -0.2) is 0 Å². The maximum absolute atomic E-state index is 3.91. The van der Waals surface area contributed by atoms with Crippen molar-refractivity contribution in [3.8, 4) is 0 Å². The molecule has 0 nitrogen and oxygen atoms in total. The van der Waals surface area contributed by atoms with Crippen molar-refractivity contribution in [1.82, 2.24) is 0 Å². The summed E-state index contributed by atoms with van der Waals surface area (Å²) in [5.41, 5.74) is 1.62. The first-order valence-corrected chi connectivity index (χ1v) is 6.07. The zero-order valence-corrected chi connectivity index (χ0v) is 9.34. The average Bonchev–Trinajstić information content (AvgIpc) is 2.76. The molecule has 0 spiro atoms. The van der Waals surface area contributed by atoms with Gasteiger partial charge in [0.05, 0.1) is 0 Å². The molecule has 1 saturated carbocycles. The molecule has 0 aliphatic heterocycles. The second-order valence-electron chi connectivity index (χ2n) is 5.22. The number of rotatable bonds is 3. The minimum atomic E-state index is 0.825. The van der Waals surface area contributed by atoms with Crippen LogP contribution in [-0.4, -0.2) is 0 Å². The molecule has 3 atom stereocenters. The van der Waals surface area contributed by atoms with E-state index in [0.717, 1.165) is 17.8 Å². The highest BCUT2D eigenvalue weighted by Gasteiger charge is 2.25. The highest BCUT2D eigenvalue weighted by Crippen LogP contribution is 2.38. The summed E-state index contributed by atoms with van der Waals surface area (Å²) < 4.78 is 0. The molecule has 2 aliphatic rings. The average molecular weight is 190 g/mol. The highest BCUT2D eigenvalue weighted by atomic mass is 14.3. The lowest BCUT2D eigenvalue weighted by Crippen LogP contribution is -2.02. The van der Waals surface area contributed by atoms with E-state index in [9.17, 15) is 0 Å². The van der Waals surface area contributed by atoms with E-state index in [1.807, 2.05) is 0 Å². The Morgan fingerprint density at radius 1 is 1.43 bits per heavy atom. The molecule has 14 heavy (non-hydrogen) atoms. The minimum absolute atomic E-state index is 0.825. The molecule has 0 aromatic carbocycles. The van der Waals surface area contributed by atoms with Crippen LogP contribution in [0.1, 0.15) is 45.4 Å². The van der Waals surface area contributed by atoms with Crippen LogP contribution in [0.15, 0.2) is 24.3 Å². The van der Waals surface area contributed by atoms with E-state index in [4.69, 9.17) is 0 Å². The Kier molecular flexibility index (Phi) is 3.10. The van der Waals surface area contributed by atoms with Crippen LogP contribution in [0.25, 0.3) is 0 Å². The van der Waals surface area contributed by atoms with Gasteiger partial charge in [0.25, 0.3) is 0 Å². The van der Waals surface area contributed by atoms with E-state index in [1.54, 1.807) is 5.57 Å². The number of hydrogen-bond acceptors (Lipinski definition) is 0. The largest absolute Gasteiger partial charge is 0.103 e. The van der Waals surface area contributed by atoms with Gasteiger partial charge in [-0.3, -0.25) is 0 Å². The molecule has 0 N–H and O–H groups in total. The summed E-state index contributed by atoms with van der Waals surface area (Å²) in [6, 6.07) is 0. The van der Waals surface area contributed by atoms with Crippen LogP contribution in [0.2, 0.25) is 0 Å². The molecule has 0 amide bonds. The van der Waals surface area contributed by atoms with E-state index in [0.29, 0.717) is 0 Å². The molecule has 0 saturated heterocycles. The smallest absolute Gasteiger partial charge is 0.0225 e. The summed E-state index contributed by atoms with van der Waals surface area (Å²) in [6.07, 6.45) is 13.1. The number of allylic oxidation sites excluding steroid dienone is 3. The van der Waals surface area contributed by atoms with Crippen molar-refractivity contribution in [2.24, 2.45) is 17.8 Å². The van der Waals surface area contributed by atoms with Gasteiger partial charge in [0, 0.05) is 0 Å². The zero-order chi connectivity index (χ0) is 9.97. The van der Waals surface area contributed by atoms with Crippen molar-refractivity contribution >= 4 is 0 Å². The molecule has 0 aromatic rings. The minimum Gasteiger partial charge on any atom is -0.103 e. The van der Waals surface area contributed by atoms with Crippen LogP contribution < -0.4 is 0 Å². The topological polar surface area (TPSA) is 0 Å². The second kappa shape index (κ2) is 4.33. The first-order valence-electron chi connectivity index (χ1n) is 6.07. The third-order valence-corrected chi connectivity index (χ3v) is 3.98. The SMILES string of the molecule is C=CC1CCC(CC2C=C(C)CC2)C1. The van der Waals surface area contributed by atoms with Crippen LogP contribution >= 0.6 is 0 Å². The Morgan fingerprint density at radius 2 is 2.29 bits per heavy atom. The highest BCUT2D eigenvalue weighted by molar-refractivity contribution is 5.08. The van der Waals surface area contributed by atoms with Crippen molar-refractivity contribution in [2.45, 2.75) is 45.4 Å². The molecule has 0 aromatic heterocycles. The first kappa shape index (κ1) is 10.0. The maximum Gasteiger partial charge on any atom is -0.0225 e. The van der Waals surface area contributed by atoms with E-state index >= 15 is 0 Å². The predicted molar refractivity (Wildman–Crippen MR) is 62.1 cm³/mol. The van der Waals surface area contributed by atoms with Gasteiger partial charge >= 0.3 is 0 Å². The molecular weight excluding hydrogens is 168 g/mol. The van der Waals surface area contributed by atoms with E-state index in [2.05, 4.69) is 25.7 Å². The van der Waals surface area contributed by atoms with E-state index in [1.165, 1.54) is 38.5 Å². The molecule has 1 fully saturated rings. The lowest BCUT2D eigenvalue weighted by atomic mass is 9.92. The van der Waals surface area contributed by atoms with Crippen molar-refractivity contribution in [2.75, 3.05) is 0 Å². The van der Waals surface area contributed by atoms with Gasteiger partial charge in [0.1, 0.15) is 0 Å². The van der Waals surface area contributed by atoms with Crippen LogP contribution in [-0.2, 0) is 0 Å². The molecule has 0 heterocycles. The van der Waals surface area contributed by atoms with Crippen molar-refractivity contribution < 1.29 is 0 Å². The standard InChI is InChI=1S/C14H22/c1-3-12-6-7-14(9-12)10-13-5-4-11(2)8-13/h3,8,12-14H,1,4-7,9-10H2,2H3. The molecule has 0 bridgehead atoms. The Hall–Kier alpha value is -0.520. The summed E-state index contributed by atoms with van der Waals surface area (Å²) in [4.78, 5) is 0. The molecule has 0 radical (unpaired) electrons. The maximum atomic E-state index is 3.91. The summed E-state index contributed by atoms with van der Waals surface area (Å²) in [7, 11) is 0. The van der Waals surface area contributed by atoms with Gasteiger partial charge in [0.2, 0.25) is 0 Å². The van der Waals surface area contributed by atoms with Gasteiger partial charge in [0.15, 0.2) is 0 Å². The summed E-state index contributed by atoms with van der Waals surface area (Å²) in [5, 5.41) is 0. The summed E-state index contributed by atoms with van der Waals surface area (Å²) in [5.74, 6) is 2.72. The van der Waals surface area contributed by atoms with Crippen LogP contribution in [0, 0.1) is 17.8 Å². The lowest BCUT2D eigenvalue weighted by Gasteiger charge is -2.13. The Bertz CT molecular complexity index is 236. The predicted octanol–water partition coefficient (Wildman–Crippen LogP) is 4.34. The fraction of sp³-hybridized carbons (Fsp3) is 0.714. The quantitative estimate of drug-likeness (QED) is 0.581. The van der Waals surface area contributed by atoms with Gasteiger partial charge in [-0.15, -0.1) is 6.58 Å². The Balaban J connectivity index is 1.79. The van der Waals surface area contributed by atoms with Gasteiger partial charge in [-0.1, -0.05) is 17.7 Å². The summed E-state index contributed by atoms with van der Waals surface area (Å²) >= 11 is 0. The molecule has 3 unspecified atom stereocenters. The molecule has 2 aliphatic carbocycles. The van der Waals surface area contributed by atoms with E-state index in [-0.39, 0.29) is 0 Å². The Labute approximate surface area is 88.1 Å². The van der Waals surface area contributed by atoms with Crippen LogP contribution in [0.5, 0.6) is 0 Å². The number of hydrogen-bond donors (Lipinski definition) is 0. The zero-order valence-electron chi connectivity index (χ0n) is 9.34. The van der Waals surface area contributed by atoms with Gasteiger partial charge < -0.3 is 0 Å². The van der Waals surface area contributed by atoms with Crippen molar-refractivity contribution in [3.05, 3.63) is 24.3 Å². The lowest BCUT2D eigenvalue weighted by molar-refractivity contribution is 0.415. The molecule has 0 heteroatoms. The Morgan fingerprint density at radius 3 is 2.86 bits per heavy atom. The summed E-state index contributed by atoms with van der Waals surface area (Å²) in [6.45, 7) is 6.19. The van der Waals surface area contributed by atoms with E-state index < -0.39 is 0 Å². The van der Waals surface area contributed by atoms with Gasteiger partial charge in [-0.05, 0) is 63.2 Å². The monoisotopic (exact) mass is 190 g/mol. The van der Waals surface area contributed by atoms with Crippen molar-refractivity contribution in [3.63, 3.8) is 0 Å². The van der Waals surface area contributed by atoms with Gasteiger partial charge in [-0.2, -0.15) is 0 Å². The first-order chi connectivity index (χ1) is 6.78. The molecule has 2 rings (SSSR count). The van der Waals surface area contributed by atoms with Crippen LogP contribution in [0.3, 0.4) is 0 Å². The third-order valence-electron chi connectivity index (χ3n) is 3.98. The second-order valence-corrected chi connectivity index (χ2v) is 5.22. The van der Waals surface area contributed by atoms with Crippen molar-refractivity contribution in [1.29, 1.82) is 0 Å². The molecule has 78 valence electrons. The molecular formula is C14H22. The third kappa shape index (κ3) is 2.29.